The minimum Gasteiger partial charge on any atom is -0.289 e. The lowest BCUT2D eigenvalue weighted by molar-refractivity contribution is 0.0957. The monoisotopic (exact) mass is 252 g/mol. The van der Waals surface area contributed by atoms with Gasteiger partial charge in [-0.3, -0.25) is 10.2 Å². The van der Waals surface area contributed by atoms with E-state index >= 15 is 0 Å². The number of carbonyl (C=O) groups is 1. The first-order valence-electron chi connectivity index (χ1n) is 4.78. The Kier molecular flexibility index (Phi) is 3.48. The summed E-state index contributed by atoms with van der Waals surface area (Å²) in [6.45, 7) is 0. The normalized spacial score (nSPS) is 10.6. The number of benzene rings is 1. The van der Waals surface area contributed by atoms with E-state index in [0.29, 0.717) is 0 Å². The van der Waals surface area contributed by atoms with Crippen LogP contribution in [0.4, 0.5) is 0 Å². The highest BCUT2D eigenvalue weighted by Crippen LogP contribution is 2.33. The number of rotatable bonds is 3. The van der Waals surface area contributed by atoms with E-state index in [4.69, 9.17) is 5.84 Å². The van der Waals surface area contributed by atoms with Gasteiger partial charge in [0, 0.05) is 10.5 Å². The molecule has 0 aliphatic heterocycles. The van der Waals surface area contributed by atoms with Gasteiger partial charge in [0.05, 0.1) is 4.88 Å². The van der Waals surface area contributed by atoms with Crippen molar-refractivity contribution in [2.24, 2.45) is 5.84 Å². The molecule has 0 fully saturated rings. The van der Waals surface area contributed by atoms with Crippen LogP contribution in [0.1, 0.15) is 15.2 Å². The number of nitrogens with one attached hydrogen (secondary N) is 1. The van der Waals surface area contributed by atoms with E-state index in [0.717, 1.165) is 26.3 Å². The molecule has 1 amide bonds. The van der Waals surface area contributed by atoms with E-state index in [9.17, 15) is 4.79 Å². The van der Waals surface area contributed by atoms with Gasteiger partial charge in [-0.15, -0.1) is 11.3 Å². The largest absolute Gasteiger partial charge is 0.289 e. The van der Waals surface area contributed by atoms with Crippen LogP contribution in [-0.2, 0) is 5.75 Å². The molecule has 1 heterocycles. The van der Waals surface area contributed by atoms with Crippen LogP contribution in [0, 0.1) is 0 Å². The average Bonchev–Trinajstić information content (AvgIpc) is 2.68. The van der Waals surface area contributed by atoms with Crippen LogP contribution < -0.4 is 11.3 Å². The number of thioether (sulfide) groups is 1. The lowest BCUT2D eigenvalue weighted by Crippen LogP contribution is -2.29. The second-order valence-electron chi connectivity index (χ2n) is 3.31. The molecular weight excluding hydrogens is 240 g/mol. The summed E-state index contributed by atoms with van der Waals surface area (Å²) in [6.07, 6.45) is 2.02. The standard InChI is InChI=1S/C11H12N2OS2/c1-15-6-8-7-4-2-3-5-9(7)16-10(8)11(14)13-12/h2-5H,6,12H2,1H3,(H,13,14). The molecule has 0 radical (unpaired) electrons. The Morgan fingerprint density at radius 3 is 2.94 bits per heavy atom. The van der Waals surface area contributed by atoms with Crippen molar-refractivity contribution >= 4 is 39.1 Å². The fourth-order valence-corrected chi connectivity index (χ4v) is 3.44. The first-order chi connectivity index (χ1) is 7.77. The third-order valence-electron chi connectivity index (χ3n) is 2.32. The molecule has 0 aliphatic rings. The Balaban J connectivity index is 2.62. The predicted molar refractivity (Wildman–Crippen MR) is 70.7 cm³/mol. The Morgan fingerprint density at radius 1 is 1.50 bits per heavy atom. The van der Waals surface area contributed by atoms with Crippen molar-refractivity contribution in [3.05, 3.63) is 34.7 Å². The van der Waals surface area contributed by atoms with Crippen molar-refractivity contribution in [2.75, 3.05) is 6.26 Å². The van der Waals surface area contributed by atoms with Gasteiger partial charge in [0.1, 0.15) is 0 Å². The van der Waals surface area contributed by atoms with Gasteiger partial charge < -0.3 is 0 Å². The number of hydrazine groups is 1. The van der Waals surface area contributed by atoms with Crippen molar-refractivity contribution in [1.29, 1.82) is 0 Å². The molecule has 1 aromatic carbocycles. The lowest BCUT2D eigenvalue weighted by atomic mass is 10.1. The predicted octanol–water partition coefficient (Wildman–Crippen LogP) is 2.37. The Bertz CT molecular complexity index is 522. The van der Waals surface area contributed by atoms with Crippen LogP contribution in [-0.4, -0.2) is 12.2 Å². The van der Waals surface area contributed by atoms with Crippen LogP contribution in [0.2, 0.25) is 0 Å². The number of fused-ring (bicyclic) bond motifs is 1. The van der Waals surface area contributed by atoms with Crippen LogP contribution >= 0.6 is 23.1 Å². The van der Waals surface area contributed by atoms with Gasteiger partial charge in [-0.2, -0.15) is 11.8 Å². The van der Waals surface area contributed by atoms with Crippen LogP contribution in [0.5, 0.6) is 0 Å². The molecule has 3 nitrogen and oxygen atoms in total. The molecule has 84 valence electrons. The molecule has 0 unspecified atom stereocenters. The molecule has 0 bridgehead atoms. The molecule has 0 atom stereocenters. The third kappa shape index (κ3) is 1.93. The van der Waals surface area contributed by atoms with Crippen molar-refractivity contribution in [1.82, 2.24) is 5.43 Å². The molecule has 16 heavy (non-hydrogen) atoms. The van der Waals surface area contributed by atoms with Gasteiger partial charge in [-0.05, 0) is 23.3 Å². The molecule has 2 rings (SSSR count). The third-order valence-corrected chi connectivity index (χ3v) is 4.11. The molecule has 1 aromatic heterocycles. The summed E-state index contributed by atoms with van der Waals surface area (Å²) in [7, 11) is 0. The minimum atomic E-state index is -0.203. The summed E-state index contributed by atoms with van der Waals surface area (Å²) in [6, 6.07) is 8.04. The fourth-order valence-electron chi connectivity index (χ4n) is 1.64. The zero-order valence-corrected chi connectivity index (χ0v) is 10.5. The van der Waals surface area contributed by atoms with Gasteiger partial charge >= 0.3 is 0 Å². The summed E-state index contributed by atoms with van der Waals surface area (Å²) in [4.78, 5) is 12.4. The van der Waals surface area contributed by atoms with Gasteiger partial charge in [0.2, 0.25) is 0 Å². The number of nitrogens with two attached hydrogens (primary N) is 1. The summed E-state index contributed by atoms with van der Waals surface area (Å²) < 4.78 is 1.13. The zero-order chi connectivity index (χ0) is 11.5. The van der Waals surface area contributed by atoms with E-state index in [1.165, 1.54) is 11.3 Å². The van der Waals surface area contributed by atoms with Gasteiger partial charge in [-0.25, -0.2) is 5.84 Å². The van der Waals surface area contributed by atoms with E-state index in [1.54, 1.807) is 11.8 Å². The SMILES string of the molecule is CSCc1c(C(=O)NN)sc2ccccc12. The van der Waals surface area contributed by atoms with Crippen LogP contribution in [0.3, 0.4) is 0 Å². The molecule has 3 N–H and O–H groups in total. The zero-order valence-electron chi connectivity index (χ0n) is 8.82. The average molecular weight is 252 g/mol. The highest BCUT2D eigenvalue weighted by Gasteiger charge is 2.16. The van der Waals surface area contributed by atoms with Crippen molar-refractivity contribution < 1.29 is 4.79 Å². The number of thiophene rings is 1. The first-order valence-corrected chi connectivity index (χ1v) is 6.99. The number of hydrogen-bond donors (Lipinski definition) is 2. The van der Waals surface area contributed by atoms with E-state index in [2.05, 4.69) is 5.43 Å². The van der Waals surface area contributed by atoms with Crippen molar-refractivity contribution in [2.45, 2.75) is 5.75 Å². The van der Waals surface area contributed by atoms with Gasteiger partial charge in [0.25, 0.3) is 5.91 Å². The maximum atomic E-state index is 11.6. The summed E-state index contributed by atoms with van der Waals surface area (Å²) in [5.74, 6) is 5.81. The molecular formula is C11H12N2OS2. The van der Waals surface area contributed by atoms with Crippen LogP contribution in [0.25, 0.3) is 10.1 Å². The maximum Gasteiger partial charge on any atom is 0.275 e. The second-order valence-corrected chi connectivity index (χ2v) is 5.23. The Morgan fingerprint density at radius 2 is 2.25 bits per heavy atom. The fraction of sp³-hybridized carbons (Fsp3) is 0.182. The molecule has 0 aliphatic carbocycles. The molecule has 0 spiro atoms. The second kappa shape index (κ2) is 4.86. The quantitative estimate of drug-likeness (QED) is 0.501. The highest BCUT2D eigenvalue weighted by atomic mass is 32.2. The van der Waals surface area contributed by atoms with Crippen LogP contribution in [0.15, 0.2) is 24.3 Å². The molecule has 0 saturated heterocycles. The van der Waals surface area contributed by atoms with Gasteiger partial charge in [0.15, 0.2) is 0 Å². The summed E-state index contributed by atoms with van der Waals surface area (Å²) >= 11 is 3.19. The van der Waals surface area contributed by atoms with E-state index in [-0.39, 0.29) is 5.91 Å². The topological polar surface area (TPSA) is 55.1 Å². The van der Waals surface area contributed by atoms with E-state index < -0.39 is 0 Å². The first kappa shape index (κ1) is 11.4. The maximum absolute atomic E-state index is 11.6. The summed E-state index contributed by atoms with van der Waals surface area (Å²) in [5.41, 5.74) is 3.28. The number of amides is 1. The number of hydrogen-bond acceptors (Lipinski definition) is 4. The lowest BCUT2D eigenvalue weighted by Gasteiger charge is -2.01. The summed E-state index contributed by atoms with van der Waals surface area (Å²) in [5, 5.41) is 1.15. The van der Waals surface area contributed by atoms with E-state index in [1.807, 2.05) is 30.5 Å². The number of carbonyl (C=O) groups excluding carboxylic acids is 1. The Hall–Kier alpha value is -1.04. The minimum absolute atomic E-state index is 0.203. The Labute approximate surface area is 102 Å². The molecule has 2 aromatic rings. The smallest absolute Gasteiger partial charge is 0.275 e. The highest BCUT2D eigenvalue weighted by molar-refractivity contribution is 7.97. The van der Waals surface area contributed by atoms with Crippen molar-refractivity contribution in [3.63, 3.8) is 0 Å². The van der Waals surface area contributed by atoms with Crippen molar-refractivity contribution in [3.8, 4) is 0 Å². The number of nitrogen functional groups attached to an aromatic ring is 1. The molecule has 0 saturated carbocycles. The van der Waals surface area contributed by atoms with Gasteiger partial charge in [-0.1, -0.05) is 18.2 Å². The molecule has 5 heteroatoms.